The molecule has 0 aromatic heterocycles. The van der Waals surface area contributed by atoms with Crippen LogP contribution < -0.4 is 4.74 Å². The van der Waals surface area contributed by atoms with Gasteiger partial charge < -0.3 is 14.9 Å². The van der Waals surface area contributed by atoms with Crippen LogP contribution in [0, 0.1) is 0 Å². The maximum Gasteiger partial charge on any atom is 0.314 e. The number of carbonyl (C=O) groups is 1. The average molecular weight is 250 g/mol. The van der Waals surface area contributed by atoms with Crippen molar-refractivity contribution in [3.63, 3.8) is 0 Å². The minimum absolute atomic E-state index is 0.00949. The van der Waals surface area contributed by atoms with E-state index in [0.29, 0.717) is 24.2 Å². The van der Waals surface area contributed by atoms with Crippen LogP contribution >= 0.6 is 0 Å². The van der Waals surface area contributed by atoms with E-state index in [1.54, 1.807) is 12.1 Å². The molecule has 4 nitrogen and oxygen atoms in total. The zero-order valence-electron chi connectivity index (χ0n) is 10.6. The summed E-state index contributed by atoms with van der Waals surface area (Å²) in [4.78, 5) is 11.5. The number of benzene rings is 1. The number of phenols is 1. The molecule has 0 aliphatic heterocycles. The van der Waals surface area contributed by atoms with Gasteiger partial charge in [-0.2, -0.15) is 0 Å². The molecule has 1 aromatic rings. The van der Waals surface area contributed by atoms with Gasteiger partial charge in [0.2, 0.25) is 0 Å². The van der Waals surface area contributed by atoms with Gasteiger partial charge in [0.15, 0.2) is 0 Å². The standard InChI is InChI=1S/C14H18O4/c1-9(2)18-11-6-3-5-10(15)12(11)14(13(16)17)7-4-8-14/h3,5-6,9,15H,4,7-8H2,1-2H3,(H,16,17). The fourth-order valence-electron chi connectivity index (χ4n) is 2.45. The van der Waals surface area contributed by atoms with E-state index in [2.05, 4.69) is 0 Å². The van der Waals surface area contributed by atoms with Crippen LogP contribution in [0.25, 0.3) is 0 Å². The summed E-state index contributed by atoms with van der Waals surface area (Å²) in [5.41, 5.74) is -0.548. The first kappa shape index (κ1) is 12.7. The Bertz CT molecular complexity index is 461. The largest absolute Gasteiger partial charge is 0.507 e. The molecule has 1 aliphatic carbocycles. The second-order valence-electron chi connectivity index (χ2n) is 5.06. The quantitative estimate of drug-likeness (QED) is 0.862. The van der Waals surface area contributed by atoms with Crippen LogP contribution in [0.5, 0.6) is 11.5 Å². The maximum atomic E-state index is 11.5. The zero-order chi connectivity index (χ0) is 13.3. The Kier molecular flexibility index (Phi) is 3.20. The molecule has 2 N–H and O–H groups in total. The molecule has 18 heavy (non-hydrogen) atoms. The van der Waals surface area contributed by atoms with Crippen molar-refractivity contribution in [1.29, 1.82) is 0 Å². The lowest BCUT2D eigenvalue weighted by Gasteiger charge is -2.39. The first-order chi connectivity index (χ1) is 8.47. The van der Waals surface area contributed by atoms with E-state index in [9.17, 15) is 15.0 Å². The van der Waals surface area contributed by atoms with Crippen molar-refractivity contribution in [2.24, 2.45) is 0 Å². The molecule has 0 bridgehead atoms. The summed E-state index contributed by atoms with van der Waals surface area (Å²) >= 11 is 0. The first-order valence-electron chi connectivity index (χ1n) is 6.20. The van der Waals surface area contributed by atoms with Gasteiger partial charge in [-0.05, 0) is 38.8 Å². The molecule has 1 aromatic carbocycles. The van der Waals surface area contributed by atoms with Crippen molar-refractivity contribution in [3.05, 3.63) is 23.8 Å². The molecule has 0 heterocycles. The van der Waals surface area contributed by atoms with Crippen LogP contribution in [0.3, 0.4) is 0 Å². The molecule has 0 spiro atoms. The van der Waals surface area contributed by atoms with Gasteiger partial charge in [-0.3, -0.25) is 4.79 Å². The van der Waals surface area contributed by atoms with Crippen molar-refractivity contribution in [1.82, 2.24) is 0 Å². The number of carboxylic acid groups (broad SMARTS) is 1. The molecule has 0 radical (unpaired) electrons. The maximum absolute atomic E-state index is 11.5. The molecular formula is C14H18O4. The molecule has 0 saturated heterocycles. The molecule has 0 unspecified atom stereocenters. The van der Waals surface area contributed by atoms with Crippen LogP contribution in [-0.2, 0) is 10.2 Å². The fraction of sp³-hybridized carbons (Fsp3) is 0.500. The molecule has 0 amide bonds. The predicted molar refractivity (Wildman–Crippen MR) is 67.0 cm³/mol. The van der Waals surface area contributed by atoms with Gasteiger partial charge in [0, 0.05) is 0 Å². The molecule has 4 heteroatoms. The highest BCUT2D eigenvalue weighted by atomic mass is 16.5. The van der Waals surface area contributed by atoms with E-state index in [-0.39, 0.29) is 11.9 Å². The summed E-state index contributed by atoms with van der Waals surface area (Å²) in [6.45, 7) is 3.75. The third-order valence-corrected chi connectivity index (χ3v) is 3.46. The molecule has 0 atom stereocenters. The smallest absolute Gasteiger partial charge is 0.314 e. The molecular weight excluding hydrogens is 232 g/mol. The number of rotatable bonds is 4. The van der Waals surface area contributed by atoms with Crippen LogP contribution in [0.2, 0.25) is 0 Å². The molecule has 1 fully saturated rings. The van der Waals surface area contributed by atoms with Crippen LogP contribution in [0.4, 0.5) is 0 Å². The van der Waals surface area contributed by atoms with Crippen molar-refractivity contribution in [2.45, 2.75) is 44.6 Å². The number of phenolic OH excluding ortho intramolecular Hbond substituents is 1. The van der Waals surface area contributed by atoms with E-state index in [0.717, 1.165) is 6.42 Å². The SMILES string of the molecule is CC(C)Oc1cccc(O)c1C1(C(=O)O)CCC1. The lowest BCUT2D eigenvalue weighted by molar-refractivity contribution is -0.147. The second kappa shape index (κ2) is 4.52. The Morgan fingerprint density at radius 2 is 2.06 bits per heavy atom. The van der Waals surface area contributed by atoms with Gasteiger partial charge in [-0.15, -0.1) is 0 Å². The summed E-state index contributed by atoms with van der Waals surface area (Å²) in [5, 5.41) is 19.5. The van der Waals surface area contributed by atoms with Crippen molar-refractivity contribution in [3.8, 4) is 11.5 Å². The van der Waals surface area contributed by atoms with E-state index < -0.39 is 11.4 Å². The fourth-order valence-corrected chi connectivity index (χ4v) is 2.45. The third kappa shape index (κ3) is 1.92. The lowest BCUT2D eigenvalue weighted by Crippen LogP contribution is -2.42. The second-order valence-corrected chi connectivity index (χ2v) is 5.06. The number of hydrogen-bond acceptors (Lipinski definition) is 3. The first-order valence-corrected chi connectivity index (χ1v) is 6.20. The number of ether oxygens (including phenoxy) is 1. The summed E-state index contributed by atoms with van der Waals surface area (Å²) in [6, 6.07) is 4.91. The third-order valence-electron chi connectivity index (χ3n) is 3.46. The van der Waals surface area contributed by atoms with Crippen LogP contribution in [0.1, 0.15) is 38.7 Å². The van der Waals surface area contributed by atoms with Gasteiger partial charge in [-0.1, -0.05) is 12.5 Å². The minimum atomic E-state index is -0.977. The normalized spacial score (nSPS) is 17.3. The Morgan fingerprint density at radius 1 is 1.39 bits per heavy atom. The summed E-state index contributed by atoms with van der Waals surface area (Å²) in [5.74, 6) is -0.397. The Morgan fingerprint density at radius 3 is 2.50 bits per heavy atom. The summed E-state index contributed by atoms with van der Waals surface area (Å²) < 4.78 is 5.63. The minimum Gasteiger partial charge on any atom is -0.507 e. The van der Waals surface area contributed by atoms with E-state index in [1.165, 1.54) is 6.07 Å². The number of aromatic hydroxyl groups is 1. The Labute approximate surface area is 106 Å². The monoisotopic (exact) mass is 250 g/mol. The molecule has 1 saturated carbocycles. The number of carboxylic acids is 1. The van der Waals surface area contributed by atoms with Gasteiger partial charge in [-0.25, -0.2) is 0 Å². The molecule has 98 valence electrons. The van der Waals surface area contributed by atoms with Crippen molar-refractivity contribution in [2.75, 3.05) is 0 Å². The highest BCUT2D eigenvalue weighted by Crippen LogP contribution is 2.50. The van der Waals surface area contributed by atoms with Gasteiger partial charge in [0.1, 0.15) is 11.5 Å². The van der Waals surface area contributed by atoms with E-state index in [1.807, 2.05) is 13.8 Å². The van der Waals surface area contributed by atoms with Gasteiger partial charge >= 0.3 is 5.97 Å². The molecule has 1 aliphatic rings. The lowest BCUT2D eigenvalue weighted by atomic mass is 9.64. The highest BCUT2D eigenvalue weighted by molar-refractivity contribution is 5.85. The zero-order valence-corrected chi connectivity index (χ0v) is 10.6. The van der Waals surface area contributed by atoms with E-state index in [4.69, 9.17) is 4.74 Å². The summed E-state index contributed by atoms with van der Waals surface area (Å²) in [7, 11) is 0. The Hall–Kier alpha value is -1.71. The van der Waals surface area contributed by atoms with Crippen molar-refractivity contribution < 1.29 is 19.7 Å². The van der Waals surface area contributed by atoms with Crippen LogP contribution in [-0.4, -0.2) is 22.3 Å². The van der Waals surface area contributed by atoms with Crippen LogP contribution in [0.15, 0.2) is 18.2 Å². The van der Waals surface area contributed by atoms with Gasteiger partial charge in [0.05, 0.1) is 17.1 Å². The predicted octanol–water partition coefficient (Wildman–Crippen LogP) is 2.69. The highest BCUT2D eigenvalue weighted by Gasteiger charge is 2.49. The molecule has 2 rings (SSSR count). The van der Waals surface area contributed by atoms with E-state index >= 15 is 0 Å². The average Bonchev–Trinajstić information content (AvgIpc) is 2.19. The van der Waals surface area contributed by atoms with Crippen molar-refractivity contribution >= 4 is 5.97 Å². The summed E-state index contributed by atoms with van der Waals surface area (Å²) in [6.07, 6.45) is 1.90. The topological polar surface area (TPSA) is 66.8 Å². The van der Waals surface area contributed by atoms with Gasteiger partial charge in [0.25, 0.3) is 0 Å². The Balaban J connectivity index is 2.51. The number of aliphatic carboxylic acids is 1. The number of hydrogen-bond donors (Lipinski definition) is 2.